The highest BCUT2D eigenvalue weighted by Gasteiger charge is 2.64. The van der Waals surface area contributed by atoms with Gasteiger partial charge in [0, 0.05) is 11.5 Å². The van der Waals surface area contributed by atoms with Crippen LogP contribution in [0, 0.1) is 34.5 Å². The van der Waals surface area contributed by atoms with Gasteiger partial charge in [-0.1, -0.05) is 6.92 Å². The van der Waals surface area contributed by atoms with Crippen molar-refractivity contribution in [2.75, 3.05) is 0 Å². The molecule has 0 heterocycles. The van der Waals surface area contributed by atoms with Crippen LogP contribution in [0.25, 0.3) is 0 Å². The summed E-state index contributed by atoms with van der Waals surface area (Å²) in [5.74, 6) is -2.55. The number of aliphatic hydroxyl groups excluding tert-OH is 4. The lowest BCUT2D eigenvalue weighted by atomic mass is 9.46. The molecule has 27 heavy (non-hydrogen) atoms. The van der Waals surface area contributed by atoms with Gasteiger partial charge in [-0.25, -0.2) is 0 Å². The lowest BCUT2D eigenvalue weighted by Gasteiger charge is -2.58. The van der Waals surface area contributed by atoms with Gasteiger partial charge in [-0.2, -0.15) is 0 Å². The zero-order valence-corrected chi connectivity index (χ0v) is 16.0. The third-order valence-electron chi connectivity index (χ3n) is 8.46. The van der Waals surface area contributed by atoms with E-state index in [9.17, 15) is 30.0 Å². The Morgan fingerprint density at radius 1 is 1.04 bits per heavy atom. The molecule has 0 bridgehead atoms. The van der Waals surface area contributed by atoms with E-state index < -0.39 is 34.6 Å². The number of carbonyl (C=O) groups excluding carboxylic acids is 2. The van der Waals surface area contributed by atoms with E-state index in [-0.39, 0.29) is 40.4 Å². The predicted molar refractivity (Wildman–Crippen MR) is 96.9 cm³/mol. The van der Waals surface area contributed by atoms with E-state index in [1.54, 1.807) is 13.8 Å². The van der Waals surface area contributed by atoms with E-state index in [0.717, 1.165) is 19.3 Å². The van der Waals surface area contributed by atoms with Crippen LogP contribution in [0.1, 0.15) is 52.9 Å². The first-order chi connectivity index (χ1) is 12.5. The molecule has 4 rings (SSSR count). The van der Waals surface area contributed by atoms with Crippen molar-refractivity contribution in [3.63, 3.8) is 0 Å². The van der Waals surface area contributed by atoms with Crippen LogP contribution in [0.2, 0.25) is 0 Å². The minimum absolute atomic E-state index is 0.0178. The van der Waals surface area contributed by atoms with Gasteiger partial charge in [0.15, 0.2) is 5.76 Å². The molecule has 0 aromatic heterocycles. The second-order valence-electron chi connectivity index (χ2n) is 9.40. The van der Waals surface area contributed by atoms with E-state index in [4.69, 9.17) is 0 Å². The van der Waals surface area contributed by atoms with Gasteiger partial charge >= 0.3 is 0 Å². The smallest absolute Gasteiger partial charge is 0.265 e. The lowest BCUT2D eigenvalue weighted by molar-refractivity contribution is -0.130. The van der Waals surface area contributed by atoms with Crippen LogP contribution in [0.5, 0.6) is 0 Å². The number of rotatable bonds is 1. The number of ketones is 2. The molecule has 148 valence electrons. The molecule has 3 saturated carbocycles. The summed E-state index contributed by atoms with van der Waals surface area (Å²) < 4.78 is 0. The molecule has 7 atom stereocenters. The van der Waals surface area contributed by atoms with Gasteiger partial charge in [0.2, 0.25) is 5.76 Å². The molecular formula is C21H28O6. The average molecular weight is 376 g/mol. The second-order valence-corrected chi connectivity index (χ2v) is 9.40. The van der Waals surface area contributed by atoms with E-state index >= 15 is 0 Å². The Kier molecular flexibility index (Phi) is 3.84. The second kappa shape index (κ2) is 5.60. The lowest BCUT2D eigenvalue weighted by Crippen LogP contribution is -2.55. The number of Topliss-reactive ketones (excluding diaryl/α,β-unsaturated/α-hetero) is 2. The normalized spacial score (nSPS) is 46.8. The predicted octanol–water partition coefficient (Wildman–Crippen LogP) is 3.13. The Labute approximate surface area is 158 Å². The molecule has 0 aromatic carbocycles. The Hall–Kier alpha value is -1.82. The summed E-state index contributed by atoms with van der Waals surface area (Å²) >= 11 is 0. The van der Waals surface area contributed by atoms with Gasteiger partial charge in [-0.05, 0) is 69.1 Å². The van der Waals surface area contributed by atoms with Crippen molar-refractivity contribution in [3.05, 3.63) is 22.9 Å². The van der Waals surface area contributed by atoms with E-state index in [1.807, 2.05) is 0 Å². The molecule has 0 radical (unpaired) electrons. The third-order valence-corrected chi connectivity index (χ3v) is 8.46. The minimum atomic E-state index is -1.17. The molecule has 0 amide bonds. The Morgan fingerprint density at radius 2 is 1.70 bits per heavy atom. The van der Waals surface area contributed by atoms with Crippen LogP contribution < -0.4 is 0 Å². The zero-order valence-electron chi connectivity index (χ0n) is 16.0. The van der Waals surface area contributed by atoms with Crippen LogP contribution in [0.15, 0.2) is 22.9 Å². The third kappa shape index (κ3) is 2.10. The van der Waals surface area contributed by atoms with Crippen LogP contribution >= 0.6 is 0 Å². The van der Waals surface area contributed by atoms with E-state index in [0.29, 0.717) is 12.8 Å². The van der Waals surface area contributed by atoms with Crippen LogP contribution in [-0.4, -0.2) is 38.1 Å². The van der Waals surface area contributed by atoms with Gasteiger partial charge in [-0.3, -0.25) is 9.59 Å². The van der Waals surface area contributed by atoms with Crippen LogP contribution in [-0.2, 0) is 9.59 Å². The fraction of sp³-hybridized carbons (Fsp3) is 0.714. The SMILES string of the molecule is CC(=O)[C@H]1CC[C@H]2[C@@H]3CC(O)C4=C(O)C(=O)C(O)=C(O)[C@]4(C)[C@H]3CC[C@]12C. The van der Waals surface area contributed by atoms with Crippen molar-refractivity contribution >= 4 is 11.6 Å². The number of aliphatic hydroxyl groups is 4. The van der Waals surface area contributed by atoms with Gasteiger partial charge in [-0.15, -0.1) is 0 Å². The summed E-state index contributed by atoms with van der Waals surface area (Å²) in [6.45, 7) is 5.53. The molecule has 3 fully saturated rings. The van der Waals surface area contributed by atoms with Crippen molar-refractivity contribution in [2.24, 2.45) is 34.5 Å². The topological polar surface area (TPSA) is 115 Å². The molecule has 0 aromatic rings. The average Bonchev–Trinajstić information content (AvgIpc) is 2.96. The van der Waals surface area contributed by atoms with Crippen molar-refractivity contribution in [2.45, 2.75) is 59.0 Å². The highest BCUT2D eigenvalue weighted by molar-refractivity contribution is 6.07. The molecule has 4 N–H and O–H groups in total. The molecule has 6 heteroatoms. The summed E-state index contributed by atoms with van der Waals surface area (Å²) in [4.78, 5) is 24.3. The fourth-order valence-electron chi connectivity index (χ4n) is 7.22. The molecule has 0 saturated heterocycles. The molecule has 6 nitrogen and oxygen atoms in total. The van der Waals surface area contributed by atoms with Gasteiger partial charge < -0.3 is 20.4 Å². The van der Waals surface area contributed by atoms with Crippen molar-refractivity contribution in [1.29, 1.82) is 0 Å². The van der Waals surface area contributed by atoms with E-state index in [1.165, 1.54) is 0 Å². The Bertz CT molecular complexity index is 794. The molecular weight excluding hydrogens is 348 g/mol. The maximum absolute atomic E-state index is 12.2. The highest BCUT2D eigenvalue weighted by atomic mass is 16.3. The molecule has 1 unspecified atom stereocenters. The Balaban J connectivity index is 1.81. The van der Waals surface area contributed by atoms with E-state index in [2.05, 4.69) is 6.92 Å². The largest absolute Gasteiger partial charge is 0.507 e. The number of carbonyl (C=O) groups is 2. The summed E-state index contributed by atoms with van der Waals surface area (Å²) in [7, 11) is 0. The number of hydrogen-bond donors (Lipinski definition) is 4. The molecule has 0 spiro atoms. The minimum Gasteiger partial charge on any atom is -0.507 e. The van der Waals surface area contributed by atoms with Gasteiger partial charge in [0.25, 0.3) is 5.78 Å². The Morgan fingerprint density at radius 3 is 2.33 bits per heavy atom. The van der Waals surface area contributed by atoms with Crippen molar-refractivity contribution in [3.8, 4) is 0 Å². The zero-order chi connectivity index (χ0) is 19.9. The van der Waals surface area contributed by atoms with Crippen LogP contribution in [0.4, 0.5) is 0 Å². The van der Waals surface area contributed by atoms with Gasteiger partial charge in [0.1, 0.15) is 11.5 Å². The maximum atomic E-state index is 12.2. The fourth-order valence-corrected chi connectivity index (χ4v) is 7.22. The maximum Gasteiger partial charge on any atom is 0.265 e. The molecule has 4 aliphatic carbocycles. The first-order valence-electron chi connectivity index (χ1n) is 9.84. The van der Waals surface area contributed by atoms with Gasteiger partial charge in [0.05, 0.1) is 11.5 Å². The standard InChI is InChI=1S/C21H28O6/c1-9(22)11-4-5-12-10-8-14(23)15-16(24)17(25)18(26)19(27)21(15,3)13(10)6-7-20(11,12)2/h10-14,23-24,26-27H,4-8H2,1-3H3/t10-,11+,12-,13-,14?,20+,21+/m0/s1. The summed E-state index contributed by atoms with van der Waals surface area (Å²) in [6, 6.07) is 0. The monoisotopic (exact) mass is 376 g/mol. The number of allylic oxidation sites excluding steroid dienone is 1. The summed E-state index contributed by atoms with van der Waals surface area (Å²) in [5.41, 5.74) is -1.16. The first-order valence-corrected chi connectivity index (χ1v) is 9.84. The summed E-state index contributed by atoms with van der Waals surface area (Å²) in [5, 5.41) is 42.0. The summed E-state index contributed by atoms with van der Waals surface area (Å²) in [6.07, 6.45) is 2.58. The van der Waals surface area contributed by atoms with Crippen LogP contribution in [0.3, 0.4) is 0 Å². The van der Waals surface area contributed by atoms with Crippen molar-refractivity contribution in [1.82, 2.24) is 0 Å². The molecule has 0 aliphatic heterocycles. The highest BCUT2D eigenvalue weighted by Crippen LogP contribution is 2.67. The molecule has 4 aliphatic rings. The number of hydrogen-bond acceptors (Lipinski definition) is 6. The van der Waals surface area contributed by atoms with Crippen molar-refractivity contribution < 1.29 is 30.0 Å². The quantitative estimate of drug-likeness (QED) is 0.559. The number of fused-ring (bicyclic) bond motifs is 5. The first kappa shape index (κ1) is 18.5.